The van der Waals surface area contributed by atoms with Crippen molar-refractivity contribution in [2.75, 3.05) is 0 Å². The molecule has 1 unspecified atom stereocenters. The minimum atomic E-state index is -0.621. The molecule has 0 radical (unpaired) electrons. The van der Waals surface area contributed by atoms with Gasteiger partial charge in [-0.15, -0.1) is 0 Å². The van der Waals surface area contributed by atoms with Crippen LogP contribution in [0.25, 0.3) is 0 Å². The third-order valence-corrected chi connectivity index (χ3v) is 3.36. The van der Waals surface area contributed by atoms with Crippen LogP contribution in [-0.2, 0) is 16.1 Å². The quantitative estimate of drug-likeness (QED) is 0.584. The lowest BCUT2D eigenvalue weighted by Crippen LogP contribution is -2.46. The fraction of sp³-hybridized carbons (Fsp3) is 0.562. The molecule has 1 amide bonds. The second kappa shape index (κ2) is 7.72. The Kier molecular flexibility index (Phi) is 6.53. The number of pyridine rings is 1. The average Bonchev–Trinajstić information content (AvgIpc) is 2.36. The van der Waals surface area contributed by atoms with Gasteiger partial charge in [0, 0.05) is 0 Å². The Morgan fingerprint density at radius 1 is 1.41 bits per heavy atom. The first-order valence-electron chi connectivity index (χ1n) is 7.20. The number of nitrogens with zero attached hydrogens (tertiary/aromatic N) is 2. The van der Waals surface area contributed by atoms with Crippen molar-refractivity contribution in [2.24, 2.45) is 5.92 Å². The second-order valence-electron chi connectivity index (χ2n) is 6.43. The van der Waals surface area contributed by atoms with Crippen molar-refractivity contribution < 1.29 is 14.3 Å². The van der Waals surface area contributed by atoms with Crippen molar-refractivity contribution >= 4 is 28.3 Å². The molecule has 6 heteroatoms. The van der Waals surface area contributed by atoms with Gasteiger partial charge in [-0.3, -0.25) is 4.90 Å². The van der Waals surface area contributed by atoms with Crippen LogP contribution in [0.5, 0.6) is 0 Å². The fourth-order valence-electron chi connectivity index (χ4n) is 1.92. The van der Waals surface area contributed by atoms with Crippen LogP contribution in [0.15, 0.2) is 22.8 Å². The molecule has 0 saturated heterocycles. The van der Waals surface area contributed by atoms with Gasteiger partial charge in [0.25, 0.3) is 0 Å². The van der Waals surface area contributed by atoms with E-state index >= 15 is 0 Å². The molecule has 5 nitrogen and oxygen atoms in total. The summed E-state index contributed by atoms with van der Waals surface area (Å²) in [5, 5.41) is 0. The Labute approximate surface area is 140 Å². The van der Waals surface area contributed by atoms with Crippen LogP contribution in [0.2, 0.25) is 0 Å². The highest BCUT2D eigenvalue weighted by Crippen LogP contribution is 2.18. The summed E-state index contributed by atoms with van der Waals surface area (Å²) < 4.78 is 6.11. The summed E-state index contributed by atoms with van der Waals surface area (Å²) >= 11 is 3.31. The predicted molar refractivity (Wildman–Crippen MR) is 88.4 cm³/mol. The summed E-state index contributed by atoms with van der Waals surface area (Å²) in [5.41, 5.74) is 0.0671. The van der Waals surface area contributed by atoms with Crippen LogP contribution < -0.4 is 0 Å². The molecule has 1 aromatic heterocycles. The van der Waals surface area contributed by atoms with Gasteiger partial charge in [-0.1, -0.05) is 19.9 Å². The number of carbonyl (C=O) groups is 2. The minimum Gasteiger partial charge on any atom is -0.444 e. The minimum absolute atomic E-state index is 0.0165. The molecule has 1 heterocycles. The van der Waals surface area contributed by atoms with E-state index in [2.05, 4.69) is 20.9 Å². The monoisotopic (exact) mass is 370 g/mol. The van der Waals surface area contributed by atoms with Crippen molar-refractivity contribution in [3.8, 4) is 0 Å². The third kappa shape index (κ3) is 5.75. The lowest BCUT2D eigenvalue weighted by molar-refractivity contribution is -0.114. The van der Waals surface area contributed by atoms with E-state index in [4.69, 9.17) is 4.74 Å². The first-order valence-corrected chi connectivity index (χ1v) is 7.99. The molecule has 122 valence electrons. The predicted octanol–water partition coefficient (Wildman–Crippen LogP) is 3.80. The average molecular weight is 371 g/mol. The second-order valence-corrected chi connectivity index (χ2v) is 7.24. The maximum absolute atomic E-state index is 12.5. The SMILES string of the molecule is CC(C)C(C=O)N(Cc1cccc(Br)n1)C(=O)OC(C)(C)C. The normalized spacial score (nSPS) is 12.9. The zero-order valence-corrected chi connectivity index (χ0v) is 15.3. The summed E-state index contributed by atoms with van der Waals surface area (Å²) in [6.45, 7) is 9.40. The van der Waals surface area contributed by atoms with Gasteiger partial charge in [0.1, 0.15) is 16.5 Å². The number of hydrogen-bond donors (Lipinski definition) is 0. The highest BCUT2D eigenvalue weighted by molar-refractivity contribution is 9.10. The molecule has 1 atom stereocenters. The van der Waals surface area contributed by atoms with Crippen molar-refractivity contribution in [1.82, 2.24) is 9.88 Å². The molecule has 22 heavy (non-hydrogen) atoms. The van der Waals surface area contributed by atoms with Crippen LogP contribution in [0, 0.1) is 5.92 Å². The van der Waals surface area contributed by atoms with Crippen LogP contribution >= 0.6 is 15.9 Å². The van der Waals surface area contributed by atoms with E-state index in [9.17, 15) is 9.59 Å². The zero-order chi connectivity index (χ0) is 16.9. The highest BCUT2D eigenvalue weighted by atomic mass is 79.9. The van der Waals surface area contributed by atoms with Crippen LogP contribution in [-0.4, -0.2) is 33.9 Å². The Balaban J connectivity index is 3.05. The Morgan fingerprint density at radius 3 is 2.50 bits per heavy atom. The van der Waals surface area contributed by atoms with Crippen LogP contribution in [0.4, 0.5) is 4.79 Å². The zero-order valence-electron chi connectivity index (χ0n) is 13.7. The Bertz CT molecular complexity index is 526. The first-order chi connectivity index (χ1) is 10.1. The van der Waals surface area contributed by atoms with Gasteiger partial charge in [0.15, 0.2) is 0 Å². The van der Waals surface area contributed by atoms with Gasteiger partial charge in [-0.25, -0.2) is 9.78 Å². The van der Waals surface area contributed by atoms with Gasteiger partial charge < -0.3 is 9.53 Å². The smallest absolute Gasteiger partial charge is 0.411 e. The highest BCUT2D eigenvalue weighted by Gasteiger charge is 2.30. The Hall–Kier alpha value is -1.43. The molecule has 1 aromatic rings. The number of carbonyl (C=O) groups excluding carboxylic acids is 2. The standard InChI is InChI=1S/C16H23BrN2O3/c1-11(2)13(10-20)19(15(21)22-16(3,4)5)9-12-7-6-8-14(17)18-12/h6-8,10-11,13H,9H2,1-5H3. The van der Waals surface area contributed by atoms with Gasteiger partial charge in [-0.2, -0.15) is 0 Å². The number of amides is 1. The molecule has 1 rings (SSSR count). The van der Waals surface area contributed by atoms with E-state index in [0.29, 0.717) is 10.3 Å². The molecule has 0 bridgehead atoms. The first kappa shape index (κ1) is 18.6. The largest absolute Gasteiger partial charge is 0.444 e. The van der Waals surface area contributed by atoms with E-state index in [-0.39, 0.29) is 12.5 Å². The Morgan fingerprint density at radius 2 is 2.05 bits per heavy atom. The molecule has 0 N–H and O–H groups in total. The molecule has 0 aliphatic rings. The van der Waals surface area contributed by atoms with E-state index in [1.54, 1.807) is 26.8 Å². The maximum Gasteiger partial charge on any atom is 0.411 e. The van der Waals surface area contributed by atoms with E-state index in [0.717, 1.165) is 6.29 Å². The summed E-state index contributed by atoms with van der Waals surface area (Å²) in [7, 11) is 0. The maximum atomic E-state index is 12.5. The number of aromatic nitrogens is 1. The van der Waals surface area contributed by atoms with Crippen molar-refractivity contribution in [2.45, 2.75) is 52.8 Å². The molecular formula is C16H23BrN2O3. The van der Waals surface area contributed by atoms with Gasteiger partial charge in [0.05, 0.1) is 18.3 Å². The molecule has 0 aromatic carbocycles. The number of rotatable bonds is 5. The fourth-order valence-corrected chi connectivity index (χ4v) is 2.30. The van der Waals surface area contributed by atoms with E-state index in [1.807, 2.05) is 26.0 Å². The van der Waals surface area contributed by atoms with E-state index in [1.165, 1.54) is 4.90 Å². The molecule has 0 aliphatic carbocycles. The lowest BCUT2D eigenvalue weighted by atomic mass is 10.0. The summed E-state index contributed by atoms with van der Waals surface area (Å²) in [4.78, 5) is 29.6. The lowest BCUT2D eigenvalue weighted by Gasteiger charge is -2.32. The number of aldehydes is 1. The summed E-state index contributed by atoms with van der Waals surface area (Å²) in [6.07, 6.45) is 0.270. The van der Waals surface area contributed by atoms with Crippen molar-refractivity contribution in [3.63, 3.8) is 0 Å². The number of halogens is 1. The van der Waals surface area contributed by atoms with Crippen LogP contribution in [0.3, 0.4) is 0 Å². The summed E-state index contributed by atoms with van der Waals surface area (Å²) in [5.74, 6) is -0.0165. The van der Waals surface area contributed by atoms with Crippen molar-refractivity contribution in [1.29, 1.82) is 0 Å². The molecule has 0 spiro atoms. The summed E-state index contributed by atoms with van der Waals surface area (Å²) in [6, 6.07) is 4.90. The topological polar surface area (TPSA) is 59.5 Å². The van der Waals surface area contributed by atoms with E-state index < -0.39 is 17.7 Å². The molecule has 0 aliphatic heterocycles. The van der Waals surface area contributed by atoms with Crippen LogP contribution in [0.1, 0.15) is 40.3 Å². The van der Waals surface area contributed by atoms with Gasteiger partial charge in [0.2, 0.25) is 0 Å². The van der Waals surface area contributed by atoms with Gasteiger partial charge >= 0.3 is 6.09 Å². The number of ether oxygens (including phenoxy) is 1. The molecule has 0 fully saturated rings. The van der Waals surface area contributed by atoms with Gasteiger partial charge in [-0.05, 0) is 54.8 Å². The third-order valence-electron chi connectivity index (χ3n) is 2.92. The number of hydrogen-bond acceptors (Lipinski definition) is 4. The molecule has 0 saturated carbocycles. The molecular weight excluding hydrogens is 348 g/mol. The van der Waals surface area contributed by atoms with Crippen molar-refractivity contribution in [3.05, 3.63) is 28.5 Å².